The molecule has 1 aromatic rings. The van der Waals surface area contributed by atoms with Gasteiger partial charge >= 0.3 is 0 Å². The van der Waals surface area contributed by atoms with Gasteiger partial charge in [0.05, 0.1) is 4.90 Å². The first kappa shape index (κ1) is 15.0. The minimum Gasteiger partial charge on any atom is -0.330 e. The van der Waals surface area contributed by atoms with E-state index in [0.717, 1.165) is 16.5 Å². The summed E-state index contributed by atoms with van der Waals surface area (Å²) in [5, 5.41) is 0. The Morgan fingerprint density at radius 2 is 2.16 bits per heavy atom. The molecule has 2 N–H and O–H groups in total. The summed E-state index contributed by atoms with van der Waals surface area (Å²) < 4.78 is 27.8. The molecule has 19 heavy (non-hydrogen) atoms. The highest BCUT2D eigenvalue weighted by Crippen LogP contribution is 2.30. The summed E-state index contributed by atoms with van der Waals surface area (Å²) in [5.74, 6) is 0.265. The highest BCUT2D eigenvalue weighted by atomic mass is 79.9. The zero-order valence-corrected chi connectivity index (χ0v) is 13.5. The van der Waals surface area contributed by atoms with Crippen LogP contribution in [0.15, 0.2) is 27.6 Å². The zero-order valence-electron chi connectivity index (χ0n) is 11.1. The van der Waals surface area contributed by atoms with Crippen molar-refractivity contribution in [3.05, 3.63) is 28.2 Å². The first-order valence-electron chi connectivity index (χ1n) is 6.34. The van der Waals surface area contributed by atoms with Crippen LogP contribution in [-0.2, 0) is 10.0 Å². The smallest absolute Gasteiger partial charge is 0.243 e. The van der Waals surface area contributed by atoms with E-state index in [-0.39, 0.29) is 12.0 Å². The summed E-state index contributed by atoms with van der Waals surface area (Å²) >= 11 is 3.39. The fourth-order valence-corrected chi connectivity index (χ4v) is 4.58. The van der Waals surface area contributed by atoms with Crippen LogP contribution in [0.1, 0.15) is 18.9 Å². The van der Waals surface area contributed by atoms with E-state index in [2.05, 4.69) is 15.9 Å². The fraction of sp³-hybridized carbons (Fsp3) is 0.538. The maximum Gasteiger partial charge on any atom is 0.243 e. The van der Waals surface area contributed by atoms with Crippen molar-refractivity contribution >= 4 is 26.0 Å². The molecule has 0 spiro atoms. The monoisotopic (exact) mass is 346 g/mol. The Balaban J connectivity index is 2.34. The number of halogens is 1. The second kappa shape index (κ2) is 5.52. The normalized spacial score (nSPS) is 24.8. The highest BCUT2D eigenvalue weighted by Gasteiger charge is 2.37. The van der Waals surface area contributed by atoms with E-state index in [4.69, 9.17) is 5.73 Å². The van der Waals surface area contributed by atoms with Crippen molar-refractivity contribution in [2.24, 2.45) is 11.7 Å². The summed E-state index contributed by atoms with van der Waals surface area (Å²) in [6.07, 6.45) is 0.839. The van der Waals surface area contributed by atoms with Gasteiger partial charge in [-0.2, -0.15) is 4.31 Å². The van der Waals surface area contributed by atoms with Crippen LogP contribution in [0.25, 0.3) is 0 Å². The van der Waals surface area contributed by atoms with Crippen molar-refractivity contribution < 1.29 is 8.42 Å². The Morgan fingerprint density at radius 1 is 1.47 bits per heavy atom. The Bertz CT molecular complexity index is 574. The lowest BCUT2D eigenvalue weighted by atomic mass is 10.1. The molecule has 0 aromatic heterocycles. The van der Waals surface area contributed by atoms with E-state index in [1.54, 1.807) is 22.5 Å². The molecule has 1 saturated heterocycles. The zero-order chi connectivity index (χ0) is 14.2. The molecule has 0 amide bonds. The minimum atomic E-state index is -3.41. The van der Waals surface area contributed by atoms with Crippen molar-refractivity contribution in [2.75, 3.05) is 13.1 Å². The molecular formula is C13H19BrN2O2S. The lowest BCUT2D eigenvalue weighted by Gasteiger charge is -2.21. The first-order valence-corrected chi connectivity index (χ1v) is 8.57. The van der Waals surface area contributed by atoms with Crippen molar-refractivity contribution in [1.82, 2.24) is 4.31 Å². The Hall–Kier alpha value is -0.430. The third-order valence-electron chi connectivity index (χ3n) is 3.67. The quantitative estimate of drug-likeness (QED) is 0.911. The summed E-state index contributed by atoms with van der Waals surface area (Å²) in [5.41, 5.74) is 6.58. The van der Waals surface area contributed by atoms with Gasteiger partial charge in [0.25, 0.3) is 0 Å². The molecule has 106 valence electrons. The number of rotatable bonds is 3. The van der Waals surface area contributed by atoms with Crippen molar-refractivity contribution in [2.45, 2.75) is 31.2 Å². The number of nitrogens with two attached hydrogens (primary N) is 1. The predicted molar refractivity (Wildman–Crippen MR) is 79.4 cm³/mol. The highest BCUT2D eigenvalue weighted by molar-refractivity contribution is 9.10. The van der Waals surface area contributed by atoms with Crippen LogP contribution < -0.4 is 5.73 Å². The summed E-state index contributed by atoms with van der Waals surface area (Å²) in [6.45, 7) is 4.89. The number of hydrogen-bond donors (Lipinski definition) is 1. The van der Waals surface area contributed by atoms with Crippen molar-refractivity contribution in [1.29, 1.82) is 0 Å². The molecule has 2 unspecified atom stereocenters. The molecule has 2 rings (SSSR count). The molecule has 0 radical (unpaired) electrons. The Kier molecular flexibility index (Phi) is 4.35. The van der Waals surface area contributed by atoms with Gasteiger partial charge in [-0.3, -0.25) is 0 Å². The molecule has 0 saturated carbocycles. The third kappa shape index (κ3) is 2.86. The average molecular weight is 347 g/mol. The molecule has 0 bridgehead atoms. The lowest BCUT2D eigenvalue weighted by Crippen LogP contribution is -2.34. The van der Waals surface area contributed by atoms with Gasteiger partial charge in [-0.25, -0.2) is 8.42 Å². The second-order valence-electron chi connectivity index (χ2n) is 5.17. The Labute approximate surface area is 123 Å². The molecule has 4 nitrogen and oxygen atoms in total. The second-order valence-corrected chi connectivity index (χ2v) is 7.92. The minimum absolute atomic E-state index is 0.0162. The SMILES string of the molecule is Cc1cc(S(=O)(=O)N2CC(CN)CC2C)ccc1Br. The number of sulfonamides is 1. The lowest BCUT2D eigenvalue weighted by molar-refractivity contribution is 0.404. The van der Waals surface area contributed by atoms with E-state index in [0.29, 0.717) is 18.0 Å². The van der Waals surface area contributed by atoms with Gasteiger partial charge in [0.15, 0.2) is 0 Å². The number of aryl methyl sites for hydroxylation is 1. The van der Waals surface area contributed by atoms with Gasteiger partial charge in [0, 0.05) is 17.1 Å². The molecule has 1 aliphatic rings. The fourth-order valence-electron chi connectivity index (χ4n) is 2.53. The standard InChI is InChI=1S/C13H19BrN2O2S/c1-9-5-12(3-4-13(9)14)19(17,18)16-8-11(7-15)6-10(16)2/h3-5,10-11H,6-8,15H2,1-2H3. The van der Waals surface area contributed by atoms with Gasteiger partial charge in [-0.15, -0.1) is 0 Å². The summed E-state index contributed by atoms with van der Waals surface area (Å²) in [4.78, 5) is 0.359. The summed E-state index contributed by atoms with van der Waals surface area (Å²) in [6, 6.07) is 5.16. The third-order valence-corrected chi connectivity index (χ3v) is 6.54. The molecule has 1 aromatic carbocycles. The van der Waals surface area contributed by atoms with Gasteiger partial charge in [-0.05, 0) is 56.5 Å². The average Bonchev–Trinajstić information content (AvgIpc) is 2.74. The van der Waals surface area contributed by atoms with Crippen molar-refractivity contribution in [3.63, 3.8) is 0 Å². The van der Waals surface area contributed by atoms with E-state index < -0.39 is 10.0 Å². The molecular weight excluding hydrogens is 328 g/mol. The van der Waals surface area contributed by atoms with Gasteiger partial charge in [-0.1, -0.05) is 15.9 Å². The van der Waals surface area contributed by atoms with Crippen LogP contribution in [0.5, 0.6) is 0 Å². The largest absolute Gasteiger partial charge is 0.330 e. The van der Waals surface area contributed by atoms with Gasteiger partial charge in [0.2, 0.25) is 10.0 Å². The van der Waals surface area contributed by atoms with Crippen LogP contribution in [0.2, 0.25) is 0 Å². The Morgan fingerprint density at radius 3 is 2.68 bits per heavy atom. The molecule has 1 fully saturated rings. The van der Waals surface area contributed by atoms with Crippen molar-refractivity contribution in [3.8, 4) is 0 Å². The van der Waals surface area contributed by atoms with Crippen LogP contribution >= 0.6 is 15.9 Å². The van der Waals surface area contributed by atoms with Gasteiger partial charge in [0.1, 0.15) is 0 Å². The molecule has 0 aliphatic carbocycles. The van der Waals surface area contributed by atoms with E-state index in [1.165, 1.54) is 0 Å². The number of nitrogens with zero attached hydrogens (tertiary/aromatic N) is 1. The van der Waals surface area contributed by atoms with Crippen LogP contribution in [0.4, 0.5) is 0 Å². The van der Waals surface area contributed by atoms with Crippen LogP contribution in [0.3, 0.4) is 0 Å². The van der Waals surface area contributed by atoms with E-state index in [9.17, 15) is 8.42 Å². The van der Waals surface area contributed by atoms with Crippen LogP contribution in [-0.4, -0.2) is 31.9 Å². The molecule has 1 aliphatic heterocycles. The molecule has 6 heteroatoms. The van der Waals surface area contributed by atoms with E-state index >= 15 is 0 Å². The molecule has 2 atom stereocenters. The van der Waals surface area contributed by atoms with Gasteiger partial charge < -0.3 is 5.73 Å². The van der Waals surface area contributed by atoms with E-state index in [1.807, 2.05) is 13.8 Å². The number of hydrogen-bond acceptors (Lipinski definition) is 3. The van der Waals surface area contributed by atoms with Crippen LogP contribution in [0, 0.1) is 12.8 Å². The molecule has 1 heterocycles. The predicted octanol–water partition coefficient (Wildman–Crippen LogP) is 2.12. The maximum absolute atomic E-state index is 12.6. The number of benzene rings is 1. The topological polar surface area (TPSA) is 63.4 Å². The summed E-state index contributed by atoms with van der Waals surface area (Å²) in [7, 11) is -3.41. The maximum atomic E-state index is 12.6. The first-order chi connectivity index (χ1) is 8.86.